The topological polar surface area (TPSA) is 429 Å². The van der Waals surface area contributed by atoms with Crippen molar-refractivity contribution in [1.29, 1.82) is 0 Å². The highest BCUT2D eigenvalue weighted by Crippen LogP contribution is 2.27. The molecule has 33 nitrogen and oxygen atoms in total. The number of nitrogens with zero attached hydrogens (tertiary/aromatic N) is 7. The highest BCUT2D eigenvalue weighted by Gasteiger charge is 2.34. The van der Waals surface area contributed by atoms with Crippen LogP contribution in [-0.2, 0) is 19.7 Å². The molecule has 16 rings (SSSR count). The number of rotatable bonds is 20. The van der Waals surface area contributed by atoms with Crippen LogP contribution in [-0.4, -0.2) is 145 Å². The summed E-state index contributed by atoms with van der Waals surface area (Å²) in [6, 6.07) is 78.4. The number of aromatic nitrogens is 4. The van der Waals surface area contributed by atoms with E-state index >= 15 is 0 Å². The molecule has 0 spiro atoms. The van der Waals surface area contributed by atoms with Gasteiger partial charge in [-0.2, -0.15) is 12.7 Å². The zero-order valence-electron chi connectivity index (χ0n) is 87.5. The van der Waals surface area contributed by atoms with Crippen LogP contribution in [0.25, 0.3) is 0 Å². The van der Waals surface area contributed by atoms with Crippen molar-refractivity contribution < 1.29 is 65.4 Å². The van der Waals surface area contributed by atoms with Gasteiger partial charge in [0.05, 0.1) is 30.4 Å². The van der Waals surface area contributed by atoms with Crippen LogP contribution in [0.1, 0.15) is 189 Å². The third-order valence-electron chi connectivity index (χ3n) is 21.9. The summed E-state index contributed by atoms with van der Waals surface area (Å²) in [5.74, 6) is 0.351. The number of methoxy groups -OCH3 is 1. The molecule has 1 aliphatic carbocycles. The van der Waals surface area contributed by atoms with Crippen molar-refractivity contribution in [3.8, 4) is 0 Å². The SMILES string of the molecule is CCCCNC(=O)Nc1ccc(C)cc1.CCCNC(=O)Nc1ccc(C)cc1.COC(=O)Nc1ccc(C)cc1.Cc1ccc(N2CCCC2=O)cc1.Cc1ccc(N2CCN(C)S2(=O)=O)cc1.Cc1ccc(NC(=O)NC(C)C)cc1.Cc1ccc(NC(=O)NC2CCCC2)cc1.Cc1ccc(NC(=O)c2c(C)noc2C)cc1.Cc1ccc(NC(=O)c2ccno2)cc1.Cc1ccc(NC(=O)c2snnc2C)cc1. The zero-order valence-corrected chi connectivity index (χ0v) is 89.1. The molecule has 2 saturated heterocycles. The van der Waals surface area contributed by atoms with Crippen LogP contribution < -0.4 is 73.0 Å². The van der Waals surface area contributed by atoms with Gasteiger partial charge >= 0.3 is 40.4 Å². The Bertz CT molecular complexity index is 6310. The number of hydrogen-bond donors (Lipinski definition) is 12. The molecular weight excluding hydrogens is 1900 g/mol. The molecule has 12 N–H and O–H groups in total. The molecule has 3 fully saturated rings. The molecule has 0 bridgehead atoms. The van der Waals surface area contributed by atoms with Crippen molar-refractivity contribution >= 4 is 132 Å². The number of likely N-dealkylation sites (N-methyl/N-ethyl adjacent to an activating group) is 1. The fourth-order valence-electron chi connectivity index (χ4n) is 13.5. The molecule has 780 valence electrons. The predicted molar refractivity (Wildman–Crippen MR) is 590 cm³/mol. The van der Waals surface area contributed by atoms with Gasteiger partial charge < -0.3 is 77.2 Å². The van der Waals surface area contributed by atoms with Gasteiger partial charge in [-0.15, -0.1) is 5.10 Å². The van der Waals surface area contributed by atoms with Crippen LogP contribution in [0, 0.1) is 90.0 Å². The number of urea groups is 4. The Morgan fingerprint density at radius 1 is 0.422 bits per heavy atom. The first-order valence-electron chi connectivity index (χ1n) is 48.6. The minimum absolute atomic E-state index is 0.0873. The monoisotopic (exact) mass is 2040 g/mol. The van der Waals surface area contributed by atoms with Crippen LogP contribution in [0.3, 0.4) is 0 Å². The van der Waals surface area contributed by atoms with Crippen molar-refractivity contribution in [3.05, 3.63) is 344 Å². The Balaban J connectivity index is 0.000000221. The van der Waals surface area contributed by atoms with Gasteiger partial charge in [-0.25, -0.2) is 24.0 Å². The number of carbonyl (C=O) groups is 9. The molecule has 3 aliphatic rings. The maximum atomic E-state index is 12.0. The van der Waals surface area contributed by atoms with Gasteiger partial charge in [0.25, 0.3) is 17.7 Å². The van der Waals surface area contributed by atoms with Crippen LogP contribution in [0.15, 0.2) is 264 Å². The van der Waals surface area contributed by atoms with E-state index < -0.39 is 16.3 Å². The molecular formula is C112H141N19O14S2. The third-order valence-corrected chi connectivity index (χ3v) is 24.7. The first-order valence-corrected chi connectivity index (χ1v) is 50.8. The summed E-state index contributed by atoms with van der Waals surface area (Å²) in [6.45, 7) is 36.7. The average Bonchev–Trinajstić information content (AvgIpc) is 1.65. The van der Waals surface area contributed by atoms with E-state index in [4.69, 9.17) is 9.05 Å². The van der Waals surface area contributed by atoms with Gasteiger partial charge in [-0.05, 0) is 269 Å². The fourth-order valence-corrected chi connectivity index (χ4v) is 15.4. The predicted octanol–water partition coefficient (Wildman–Crippen LogP) is 23.8. The summed E-state index contributed by atoms with van der Waals surface area (Å²) >= 11 is 1.11. The largest absolute Gasteiger partial charge is 0.453 e. The van der Waals surface area contributed by atoms with E-state index in [1.807, 2.05) is 331 Å². The Hall–Kier alpha value is -15.9. The van der Waals surface area contributed by atoms with E-state index in [2.05, 4.69) is 102 Å². The van der Waals surface area contributed by atoms with Gasteiger partial charge in [0.2, 0.25) is 11.7 Å². The number of amides is 13. The first-order chi connectivity index (χ1) is 70.3. The summed E-state index contributed by atoms with van der Waals surface area (Å²) in [6.07, 6.45) is 10.4. The van der Waals surface area contributed by atoms with E-state index in [9.17, 15) is 51.6 Å². The van der Waals surface area contributed by atoms with Crippen LogP contribution in [0.5, 0.6) is 0 Å². The third kappa shape index (κ3) is 44.5. The number of ether oxygens (including phenoxy) is 1. The Morgan fingerprint density at radius 2 is 0.796 bits per heavy atom. The molecule has 13 amide bonds. The van der Waals surface area contributed by atoms with E-state index in [0.29, 0.717) is 59.7 Å². The lowest BCUT2D eigenvalue weighted by atomic mass is 10.2. The Morgan fingerprint density at radius 3 is 1.14 bits per heavy atom. The number of unbranched alkanes of at least 4 members (excludes halogenated alkanes) is 1. The number of aryl methyl sites for hydroxylation is 13. The smallest absolute Gasteiger partial charge is 0.411 e. The first kappa shape index (κ1) is 118. The van der Waals surface area contributed by atoms with Crippen LogP contribution in [0.4, 0.5) is 80.8 Å². The highest BCUT2D eigenvalue weighted by atomic mass is 32.2. The molecule has 35 heteroatoms. The zero-order chi connectivity index (χ0) is 107. The van der Waals surface area contributed by atoms with E-state index in [0.717, 1.165) is 148 Å². The molecule has 0 unspecified atom stereocenters. The lowest BCUT2D eigenvalue weighted by Gasteiger charge is -2.17. The Kier molecular flexibility index (Phi) is 50.3. The quantitative estimate of drug-likeness (QED) is 0.0315. The van der Waals surface area contributed by atoms with Crippen molar-refractivity contribution in [1.82, 2.24) is 45.5 Å². The number of carbonyl (C=O) groups excluding carboxylic acids is 9. The van der Waals surface area contributed by atoms with Crippen molar-refractivity contribution in [2.45, 2.75) is 188 Å². The number of benzene rings is 10. The van der Waals surface area contributed by atoms with Crippen LogP contribution in [0.2, 0.25) is 0 Å². The Labute approximate surface area is 868 Å². The summed E-state index contributed by atoms with van der Waals surface area (Å²) < 4.78 is 44.3. The summed E-state index contributed by atoms with van der Waals surface area (Å²) in [4.78, 5) is 105. The molecule has 147 heavy (non-hydrogen) atoms. The molecule has 5 heterocycles. The van der Waals surface area contributed by atoms with Crippen molar-refractivity contribution in [2.75, 3.05) is 98.6 Å². The van der Waals surface area contributed by atoms with Gasteiger partial charge in [0.15, 0.2) is 0 Å². The molecule has 10 aromatic carbocycles. The van der Waals surface area contributed by atoms with Gasteiger partial charge in [0, 0.05) is 116 Å². The van der Waals surface area contributed by atoms with Crippen LogP contribution >= 0.6 is 11.5 Å². The molecule has 0 atom stereocenters. The fraction of sp³-hybridized carbons (Fsp3) is 0.312. The average molecular weight is 2040 g/mol. The number of hydrogen-bond acceptors (Lipinski definition) is 19. The maximum Gasteiger partial charge on any atom is 0.411 e. The van der Waals surface area contributed by atoms with Gasteiger partial charge in [-0.1, -0.05) is 225 Å². The summed E-state index contributed by atoms with van der Waals surface area (Å²) in [5, 5.41) is 44.3. The standard InChI is InChI=1S/C13H14N2O2.C13H18N2O.C12H18N2O.C11H11N3OS.C11H10N2O2.2C11H16N2O.C11H13NO.C10H14N2O2S.C9H11NO2/c1-8-4-6-11(7-5-8)14-13(16)12-9(2)15-17-10(12)3;1-10-6-8-12(9-7-10)15-13(16)14-11-4-2-3-5-11;1-3-4-9-13-12(15)14-11-7-5-10(2)6-8-11;1-7-3-5-9(6-4-7)12-11(15)10-8(2)13-14-16-10;1-8-2-4-9(5-3-8)13-11(14)10-6-7-12-15-10;1-8(2)12-11(14)13-10-6-4-9(3)5-7-10;1-3-8-12-11(14)13-10-6-4-9(2)5-7-10;1-9-4-6-10(7-5-9)12-8-2-3-11(12)13;1-9-3-5-10(6-4-9)12-8-7-11(2)15(12,13)14;1-7-3-5-8(6-4-7)10-9(11)12-2/h4-7H,1-3H3,(H,14,16);6-9,11H,2-5H2,1H3,(H2,14,15,16);5-8H,3-4,9H2,1-2H3,(H2,13,14,15);3-6H,1-2H3,(H,12,15);2-7H,1H3,(H,13,14);4-8H,1-3H3,(H2,12,13,14);4-7H,3,8H2,1-2H3,(H2,12,13,14);4-7H,2-3,8H2,1H3;3-6H,7-8H2,1-2H3;3-6H,1-2H3,(H,10,11). The second-order valence-electron chi connectivity index (χ2n) is 35.3. The van der Waals surface area contributed by atoms with E-state index in [1.165, 1.54) is 68.6 Å². The van der Waals surface area contributed by atoms with Gasteiger partial charge in [0.1, 0.15) is 16.2 Å². The highest BCUT2D eigenvalue weighted by molar-refractivity contribution is 7.90. The number of anilines is 10. The molecule has 13 aromatic rings. The molecule has 1 saturated carbocycles. The number of nitrogens with one attached hydrogen (secondary N) is 12. The van der Waals surface area contributed by atoms with Crippen molar-refractivity contribution in [2.24, 2.45) is 0 Å². The molecule has 2 aliphatic heterocycles. The van der Waals surface area contributed by atoms with Crippen molar-refractivity contribution in [3.63, 3.8) is 0 Å². The maximum absolute atomic E-state index is 12.0. The normalized spacial score (nSPS) is 12.3. The van der Waals surface area contributed by atoms with E-state index in [1.54, 1.807) is 27.8 Å². The second-order valence-corrected chi connectivity index (χ2v) is 38.1. The molecule has 0 radical (unpaired) electrons. The van der Waals surface area contributed by atoms with Gasteiger partial charge in [-0.3, -0.25) is 28.8 Å². The summed E-state index contributed by atoms with van der Waals surface area (Å²) in [5.41, 5.74) is 21.6. The second kappa shape index (κ2) is 62.6. The molecule has 3 aromatic heterocycles. The summed E-state index contributed by atoms with van der Waals surface area (Å²) in [7, 11) is -0.327. The lowest BCUT2D eigenvalue weighted by molar-refractivity contribution is -0.117. The van der Waals surface area contributed by atoms with E-state index in [-0.39, 0.29) is 59.6 Å². The minimum Gasteiger partial charge on any atom is -0.453 e. The minimum atomic E-state index is -3.27. The lowest BCUT2D eigenvalue weighted by Crippen LogP contribution is -2.36.